The van der Waals surface area contributed by atoms with E-state index >= 15 is 0 Å². The third-order valence-electron chi connectivity index (χ3n) is 4.38. The number of halogens is 1. The molecule has 0 aromatic heterocycles. The zero-order valence-corrected chi connectivity index (χ0v) is 15.5. The highest BCUT2D eigenvalue weighted by Gasteiger charge is 2.37. The second-order valence-electron chi connectivity index (χ2n) is 6.22. The molecule has 2 aromatic carbocycles. The minimum Gasteiger partial charge on any atom is -0.374 e. The van der Waals surface area contributed by atoms with Crippen LogP contribution in [0, 0.1) is 0 Å². The Morgan fingerprint density at radius 1 is 1.15 bits per heavy atom. The van der Waals surface area contributed by atoms with Gasteiger partial charge in [-0.25, -0.2) is 0 Å². The molecule has 6 nitrogen and oxygen atoms in total. The van der Waals surface area contributed by atoms with Gasteiger partial charge in [0.2, 0.25) is 5.91 Å². The molecule has 138 valence electrons. The van der Waals surface area contributed by atoms with Gasteiger partial charge in [-0.15, -0.1) is 12.4 Å². The molecule has 2 amide bonds. The van der Waals surface area contributed by atoms with Gasteiger partial charge >= 0.3 is 0 Å². The number of benzene rings is 2. The first-order valence-corrected chi connectivity index (χ1v) is 8.23. The minimum atomic E-state index is -0.765. The van der Waals surface area contributed by atoms with Gasteiger partial charge < -0.3 is 21.3 Å². The second kappa shape index (κ2) is 8.21. The van der Waals surface area contributed by atoms with Crippen LogP contribution in [-0.2, 0) is 9.59 Å². The molecule has 1 heterocycles. The van der Waals surface area contributed by atoms with Crippen LogP contribution < -0.4 is 21.3 Å². The standard InChI is InChI=1S/C19H22N4O2.ClH/c1-12(20)18(24)22-17-16(13-8-4-3-5-9-13)21-14-10-6-7-11-15(14)23(2)19(17)25;/h3-12,16-17,21H,20H2,1-2H3,(H,22,24);1H/t12-,16?,17?;/m0./s1. The maximum absolute atomic E-state index is 13.1. The molecule has 3 atom stereocenters. The fraction of sp³-hybridized carbons (Fsp3) is 0.263. The van der Waals surface area contributed by atoms with Crippen LogP contribution in [0.2, 0.25) is 0 Å². The van der Waals surface area contributed by atoms with Crippen molar-refractivity contribution in [2.45, 2.75) is 25.0 Å². The Morgan fingerprint density at radius 3 is 2.42 bits per heavy atom. The summed E-state index contributed by atoms with van der Waals surface area (Å²) in [4.78, 5) is 26.8. The zero-order valence-electron chi connectivity index (χ0n) is 14.7. The third-order valence-corrected chi connectivity index (χ3v) is 4.38. The van der Waals surface area contributed by atoms with Gasteiger partial charge in [-0.3, -0.25) is 9.59 Å². The average molecular weight is 375 g/mol. The maximum Gasteiger partial charge on any atom is 0.251 e. The van der Waals surface area contributed by atoms with E-state index < -0.39 is 18.1 Å². The summed E-state index contributed by atoms with van der Waals surface area (Å²) < 4.78 is 0. The van der Waals surface area contributed by atoms with Crippen LogP contribution in [0.15, 0.2) is 54.6 Å². The van der Waals surface area contributed by atoms with Crippen LogP contribution in [0.1, 0.15) is 18.5 Å². The Labute approximate surface area is 159 Å². The van der Waals surface area contributed by atoms with Crippen molar-refractivity contribution < 1.29 is 9.59 Å². The lowest BCUT2D eigenvalue weighted by Crippen LogP contribution is -2.54. The highest BCUT2D eigenvalue weighted by atomic mass is 35.5. The average Bonchev–Trinajstić information content (AvgIpc) is 2.73. The van der Waals surface area contributed by atoms with Gasteiger partial charge in [0.1, 0.15) is 6.04 Å². The van der Waals surface area contributed by atoms with Crippen LogP contribution in [0.4, 0.5) is 11.4 Å². The molecular weight excluding hydrogens is 352 g/mol. The van der Waals surface area contributed by atoms with Crippen LogP contribution in [0.5, 0.6) is 0 Å². The summed E-state index contributed by atoms with van der Waals surface area (Å²) in [5.41, 5.74) is 8.20. The van der Waals surface area contributed by atoms with Crippen LogP contribution in [0.3, 0.4) is 0 Å². The molecule has 3 rings (SSSR count). The third kappa shape index (κ3) is 3.81. The number of nitrogens with two attached hydrogens (primary N) is 1. The van der Waals surface area contributed by atoms with Gasteiger partial charge in [0, 0.05) is 7.05 Å². The number of hydrogen-bond donors (Lipinski definition) is 3. The van der Waals surface area contributed by atoms with Crippen molar-refractivity contribution in [3.8, 4) is 0 Å². The van der Waals surface area contributed by atoms with Crippen molar-refractivity contribution >= 4 is 35.6 Å². The van der Waals surface area contributed by atoms with E-state index in [1.54, 1.807) is 18.9 Å². The molecule has 2 unspecified atom stereocenters. The number of hydrogen-bond acceptors (Lipinski definition) is 4. The SMILES string of the molecule is C[C@H](N)C(=O)NC1C(=O)N(C)c2ccccc2NC1c1ccccc1.Cl. The number of anilines is 2. The van der Waals surface area contributed by atoms with Crippen LogP contribution in [-0.4, -0.2) is 30.9 Å². The summed E-state index contributed by atoms with van der Waals surface area (Å²) in [6.07, 6.45) is 0. The molecule has 0 saturated heterocycles. The van der Waals surface area contributed by atoms with E-state index in [0.29, 0.717) is 0 Å². The number of nitrogens with zero attached hydrogens (tertiary/aromatic N) is 1. The van der Waals surface area contributed by atoms with Crippen LogP contribution >= 0.6 is 12.4 Å². The maximum atomic E-state index is 13.1. The Bertz CT molecular complexity index is 782. The minimum absolute atomic E-state index is 0. The van der Waals surface area contributed by atoms with E-state index in [1.165, 1.54) is 0 Å². The molecule has 2 aromatic rings. The monoisotopic (exact) mass is 374 g/mol. The number of carbonyl (C=O) groups is 2. The fourth-order valence-corrected chi connectivity index (χ4v) is 2.97. The number of fused-ring (bicyclic) bond motifs is 1. The number of carbonyl (C=O) groups excluding carboxylic acids is 2. The molecule has 7 heteroatoms. The first kappa shape index (κ1) is 19.8. The summed E-state index contributed by atoms with van der Waals surface area (Å²) in [6, 6.07) is 15.3. The van der Waals surface area contributed by atoms with Gasteiger partial charge in [-0.2, -0.15) is 0 Å². The predicted octanol–water partition coefficient (Wildman–Crippen LogP) is 2.07. The number of likely N-dealkylation sites (N-methyl/N-ethyl adjacent to an activating group) is 1. The molecule has 1 aliphatic rings. The van der Waals surface area contributed by atoms with Crippen molar-refractivity contribution in [2.24, 2.45) is 5.73 Å². The predicted molar refractivity (Wildman–Crippen MR) is 105 cm³/mol. The van der Waals surface area contributed by atoms with Gasteiger partial charge in [-0.05, 0) is 24.6 Å². The smallest absolute Gasteiger partial charge is 0.251 e. The first-order valence-electron chi connectivity index (χ1n) is 8.23. The molecule has 4 N–H and O–H groups in total. The highest BCUT2D eigenvalue weighted by Crippen LogP contribution is 2.34. The largest absolute Gasteiger partial charge is 0.374 e. The topological polar surface area (TPSA) is 87.5 Å². The highest BCUT2D eigenvalue weighted by molar-refractivity contribution is 6.03. The normalized spacial score (nSPS) is 20.1. The van der Waals surface area contributed by atoms with E-state index in [0.717, 1.165) is 16.9 Å². The van der Waals surface area contributed by atoms with Crippen molar-refractivity contribution in [1.82, 2.24) is 5.32 Å². The fourth-order valence-electron chi connectivity index (χ4n) is 2.97. The quantitative estimate of drug-likeness (QED) is 0.767. The van der Waals surface area contributed by atoms with Crippen molar-refractivity contribution in [3.63, 3.8) is 0 Å². The van der Waals surface area contributed by atoms with E-state index in [2.05, 4.69) is 10.6 Å². The lowest BCUT2D eigenvalue weighted by atomic mass is 9.98. The van der Waals surface area contributed by atoms with Gasteiger partial charge in [-0.1, -0.05) is 42.5 Å². The van der Waals surface area contributed by atoms with E-state index in [9.17, 15) is 9.59 Å². The second-order valence-corrected chi connectivity index (χ2v) is 6.22. The van der Waals surface area contributed by atoms with Gasteiger partial charge in [0.15, 0.2) is 0 Å². The van der Waals surface area contributed by atoms with Gasteiger partial charge in [0.05, 0.1) is 23.5 Å². The number of rotatable bonds is 3. The molecule has 26 heavy (non-hydrogen) atoms. The Kier molecular flexibility index (Phi) is 6.23. The molecule has 0 saturated carbocycles. The number of nitrogens with one attached hydrogen (secondary N) is 2. The summed E-state index contributed by atoms with van der Waals surface area (Å²) in [6.45, 7) is 1.60. The van der Waals surface area contributed by atoms with Crippen molar-refractivity contribution in [2.75, 3.05) is 17.3 Å². The molecule has 0 spiro atoms. The lowest BCUT2D eigenvalue weighted by Gasteiger charge is -2.28. The molecular formula is C19H23ClN4O2. The van der Waals surface area contributed by atoms with Gasteiger partial charge in [0.25, 0.3) is 5.91 Å². The molecule has 0 fully saturated rings. The molecule has 0 aliphatic carbocycles. The molecule has 0 bridgehead atoms. The van der Waals surface area contributed by atoms with E-state index in [4.69, 9.17) is 5.73 Å². The first-order chi connectivity index (χ1) is 12.0. The Morgan fingerprint density at radius 2 is 1.77 bits per heavy atom. The summed E-state index contributed by atoms with van der Waals surface area (Å²) in [7, 11) is 1.71. The number of amides is 2. The molecule has 0 radical (unpaired) electrons. The summed E-state index contributed by atoms with van der Waals surface area (Å²) in [5, 5.41) is 6.22. The van der Waals surface area contributed by atoms with Crippen molar-refractivity contribution in [1.29, 1.82) is 0 Å². The van der Waals surface area contributed by atoms with E-state index in [1.807, 2.05) is 54.6 Å². The Hall–Kier alpha value is -2.57. The zero-order chi connectivity index (χ0) is 18.0. The Balaban J connectivity index is 0.00000243. The van der Waals surface area contributed by atoms with E-state index in [-0.39, 0.29) is 24.2 Å². The molecule has 1 aliphatic heterocycles. The van der Waals surface area contributed by atoms with Crippen LogP contribution in [0.25, 0.3) is 0 Å². The number of para-hydroxylation sites is 2. The lowest BCUT2D eigenvalue weighted by molar-refractivity contribution is -0.128. The summed E-state index contributed by atoms with van der Waals surface area (Å²) in [5.74, 6) is -0.555. The van der Waals surface area contributed by atoms with Crippen molar-refractivity contribution in [3.05, 3.63) is 60.2 Å². The summed E-state index contributed by atoms with van der Waals surface area (Å²) >= 11 is 0.